The van der Waals surface area contributed by atoms with Gasteiger partial charge in [-0.25, -0.2) is 0 Å². The third kappa shape index (κ3) is 4.40. The predicted octanol–water partition coefficient (Wildman–Crippen LogP) is 1.49. The minimum atomic E-state index is 0.875. The highest BCUT2D eigenvalue weighted by Gasteiger charge is 2.23. The Labute approximate surface area is 99.5 Å². The molecule has 3 nitrogen and oxygen atoms in total. The van der Waals surface area contributed by atoms with E-state index in [4.69, 9.17) is 4.74 Å². The van der Waals surface area contributed by atoms with Gasteiger partial charge in [-0.2, -0.15) is 0 Å². The Morgan fingerprint density at radius 2 is 1.94 bits per heavy atom. The number of piperidine rings is 1. The molecule has 1 aliphatic heterocycles. The van der Waals surface area contributed by atoms with E-state index in [0.717, 1.165) is 18.6 Å². The van der Waals surface area contributed by atoms with Crippen LogP contribution in [0.15, 0.2) is 0 Å². The molecule has 94 valence electrons. The minimum Gasteiger partial charge on any atom is -0.385 e. The number of rotatable bonds is 7. The van der Waals surface area contributed by atoms with Crippen molar-refractivity contribution >= 4 is 0 Å². The first-order chi connectivity index (χ1) is 7.88. The van der Waals surface area contributed by atoms with Crippen LogP contribution in [0.4, 0.5) is 0 Å². The second-order valence-electron chi connectivity index (χ2n) is 5.31. The van der Waals surface area contributed by atoms with Crippen molar-refractivity contribution in [1.82, 2.24) is 10.2 Å². The fourth-order valence-electron chi connectivity index (χ4n) is 2.47. The molecule has 0 spiro atoms. The maximum atomic E-state index is 5.09. The van der Waals surface area contributed by atoms with E-state index in [9.17, 15) is 0 Å². The van der Waals surface area contributed by atoms with Crippen LogP contribution < -0.4 is 5.32 Å². The lowest BCUT2D eigenvalue weighted by Gasteiger charge is -2.32. The third-order valence-corrected chi connectivity index (χ3v) is 3.80. The van der Waals surface area contributed by atoms with Gasteiger partial charge in [0, 0.05) is 26.3 Å². The molecule has 0 aromatic heterocycles. The molecule has 3 heteroatoms. The first kappa shape index (κ1) is 12.3. The van der Waals surface area contributed by atoms with Crippen LogP contribution in [0.3, 0.4) is 0 Å². The summed E-state index contributed by atoms with van der Waals surface area (Å²) in [5, 5.41) is 3.65. The average Bonchev–Trinajstić information content (AvgIpc) is 3.12. The topological polar surface area (TPSA) is 24.5 Å². The van der Waals surface area contributed by atoms with Gasteiger partial charge in [0.1, 0.15) is 0 Å². The molecule has 1 saturated heterocycles. The summed E-state index contributed by atoms with van der Waals surface area (Å²) in [4.78, 5) is 2.59. The minimum absolute atomic E-state index is 0.875. The highest BCUT2D eigenvalue weighted by atomic mass is 16.5. The molecule has 2 fully saturated rings. The smallest absolute Gasteiger partial charge is 0.0474 e. The van der Waals surface area contributed by atoms with E-state index in [1.54, 1.807) is 7.11 Å². The summed E-state index contributed by atoms with van der Waals surface area (Å²) >= 11 is 0. The molecule has 2 rings (SSSR count). The fraction of sp³-hybridized carbons (Fsp3) is 1.00. The molecule has 0 bridgehead atoms. The summed E-state index contributed by atoms with van der Waals surface area (Å²) in [6, 6.07) is 0.875. The number of methoxy groups -OCH3 is 1. The maximum Gasteiger partial charge on any atom is 0.0474 e. The molecule has 16 heavy (non-hydrogen) atoms. The van der Waals surface area contributed by atoms with Gasteiger partial charge in [-0.1, -0.05) is 0 Å². The number of hydrogen-bond acceptors (Lipinski definition) is 3. The molecule has 0 amide bonds. The van der Waals surface area contributed by atoms with E-state index in [-0.39, 0.29) is 0 Å². The highest BCUT2D eigenvalue weighted by molar-refractivity contribution is 4.83. The molecule has 0 unspecified atom stereocenters. The zero-order valence-corrected chi connectivity index (χ0v) is 10.6. The Hall–Kier alpha value is -0.120. The lowest BCUT2D eigenvalue weighted by Crippen LogP contribution is -2.38. The van der Waals surface area contributed by atoms with E-state index in [2.05, 4.69) is 10.2 Å². The van der Waals surface area contributed by atoms with Crippen LogP contribution in [-0.2, 0) is 4.74 Å². The third-order valence-electron chi connectivity index (χ3n) is 3.80. The summed E-state index contributed by atoms with van der Waals surface area (Å²) in [5.41, 5.74) is 0. The average molecular weight is 226 g/mol. The summed E-state index contributed by atoms with van der Waals surface area (Å²) < 4.78 is 5.09. The Balaban J connectivity index is 1.51. The quantitative estimate of drug-likeness (QED) is 0.666. The van der Waals surface area contributed by atoms with Crippen molar-refractivity contribution in [2.24, 2.45) is 5.92 Å². The van der Waals surface area contributed by atoms with Crippen molar-refractivity contribution in [3.63, 3.8) is 0 Å². The van der Waals surface area contributed by atoms with E-state index < -0.39 is 0 Å². The van der Waals surface area contributed by atoms with Crippen molar-refractivity contribution in [3.8, 4) is 0 Å². The van der Waals surface area contributed by atoms with Crippen molar-refractivity contribution in [3.05, 3.63) is 0 Å². The second kappa shape index (κ2) is 6.58. The van der Waals surface area contributed by atoms with Crippen molar-refractivity contribution in [2.75, 3.05) is 39.9 Å². The van der Waals surface area contributed by atoms with Gasteiger partial charge in [-0.3, -0.25) is 0 Å². The van der Waals surface area contributed by atoms with Crippen LogP contribution in [0.25, 0.3) is 0 Å². The molecule has 0 atom stereocenters. The van der Waals surface area contributed by atoms with Crippen LogP contribution in [0.5, 0.6) is 0 Å². The molecule has 1 heterocycles. The van der Waals surface area contributed by atoms with Gasteiger partial charge in [0.05, 0.1) is 0 Å². The van der Waals surface area contributed by atoms with Crippen molar-refractivity contribution in [2.45, 2.75) is 38.1 Å². The number of hydrogen-bond donors (Lipinski definition) is 1. The van der Waals surface area contributed by atoms with Crippen molar-refractivity contribution in [1.29, 1.82) is 0 Å². The predicted molar refractivity (Wildman–Crippen MR) is 66.7 cm³/mol. The number of nitrogens with one attached hydrogen (secondary N) is 1. The van der Waals surface area contributed by atoms with Gasteiger partial charge in [0.2, 0.25) is 0 Å². The van der Waals surface area contributed by atoms with E-state index >= 15 is 0 Å². The molecule has 0 aromatic carbocycles. The Morgan fingerprint density at radius 3 is 2.56 bits per heavy atom. The largest absolute Gasteiger partial charge is 0.385 e. The van der Waals surface area contributed by atoms with Crippen LogP contribution in [0, 0.1) is 5.92 Å². The first-order valence-electron chi connectivity index (χ1n) is 6.83. The Bertz CT molecular complexity index is 186. The van der Waals surface area contributed by atoms with Gasteiger partial charge in [0.15, 0.2) is 0 Å². The lowest BCUT2D eigenvalue weighted by molar-refractivity contribution is 0.146. The number of ether oxygens (including phenoxy) is 1. The Kier molecular flexibility index (Phi) is 5.07. The summed E-state index contributed by atoms with van der Waals surface area (Å²) in [6.07, 6.45) is 6.77. The summed E-state index contributed by atoms with van der Waals surface area (Å²) in [7, 11) is 1.79. The van der Waals surface area contributed by atoms with Crippen molar-refractivity contribution < 1.29 is 4.74 Å². The molecule has 1 saturated carbocycles. The van der Waals surface area contributed by atoms with E-state index in [1.807, 2.05) is 0 Å². The Morgan fingerprint density at radius 1 is 1.19 bits per heavy atom. The molecular weight excluding hydrogens is 200 g/mol. The van der Waals surface area contributed by atoms with Crippen LogP contribution in [-0.4, -0.2) is 50.8 Å². The maximum absolute atomic E-state index is 5.09. The van der Waals surface area contributed by atoms with Gasteiger partial charge in [0.25, 0.3) is 0 Å². The zero-order chi connectivity index (χ0) is 11.2. The van der Waals surface area contributed by atoms with E-state index in [0.29, 0.717) is 0 Å². The standard InChI is InChI=1S/C13H26N2O/c1-16-10-2-7-15-8-5-12(6-9-15)11-14-13-3-4-13/h12-14H,2-11H2,1H3. The van der Waals surface area contributed by atoms with Crippen LogP contribution in [0.2, 0.25) is 0 Å². The lowest BCUT2D eigenvalue weighted by atomic mass is 9.96. The van der Waals surface area contributed by atoms with Gasteiger partial charge < -0.3 is 15.0 Å². The second-order valence-corrected chi connectivity index (χ2v) is 5.31. The first-order valence-corrected chi connectivity index (χ1v) is 6.83. The van der Waals surface area contributed by atoms with Crippen LogP contribution in [0.1, 0.15) is 32.1 Å². The molecule has 1 N–H and O–H groups in total. The van der Waals surface area contributed by atoms with Crippen LogP contribution >= 0.6 is 0 Å². The SMILES string of the molecule is COCCCN1CCC(CNC2CC2)CC1. The summed E-state index contributed by atoms with van der Waals surface area (Å²) in [5.74, 6) is 0.930. The van der Waals surface area contributed by atoms with E-state index in [1.165, 1.54) is 58.3 Å². The highest BCUT2D eigenvalue weighted by Crippen LogP contribution is 2.21. The van der Waals surface area contributed by atoms with Gasteiger partial charge >= 0.3 is 0 Å². The monoisotopic (exact) mass is 226 g/mol. The molecular formula is C13H26N2O. The fourth-order valence-corrected chi connectivity index (χ4v) is 2.47. The molecule has 1 aliphatic carbocycles. The molecule has 0 aromatic rings. The molecule has 2 aliphatic rings. The normalized spacial score (nSPS) is 23.8. The van der Waals surface area contributed by atoms with Gasteiger partial charge in [-0.15, -0.1) is 0 Å². The van der Waals surface area contributed by atoms with Gasteiger partial charge in [-0.05, 0) is 57.7 Å². The zero-order valence-electron chi connectivity index (χ0n) is 10.6. The number of nitrogens with zero attached hydrogens (tertiary/aromatic N) is 1. The molecule has 0 radical (unpaired) electrons. The summed E-state index contributed by atoms with van der Waals surface area (Å²) in [6.45, 7) is 5.97. The number of likely N-dealkylation sites (tertiary alicyclic amines) is 1.